The van der Waals surface area contributed by atoms with Crippen LogP contribution in [0.2, 0.25) is 0 Å². The number of H-pyrrole nitrogens is 1. The van der Waals surface area contributed by atoms with Gasteiger partial charge < -0.3 is 15.2 Å². The van der Waals surface area contributed by atoms with E-state index in [1.54, 1.807) is 6.33 Å². The van der Waals surface area contributed by atoms with Gasteiger partial charge in [0, 0.05) is 19.6 Å². The lowest BCUT2D eigenvalue weighted by molar-refractivity contribution is 0.664. The minimum atomic E-state index is 0.385. The van der Waals surface area contributed by atoms with Crippen molar-refractivity contribution in [2.75, 3.05) is 23.8 Å². The molecule has 0 saturated heterocycles. The van der Waals surface area contributed by atoms with E-state index in [1.807, 2.05) is 7.05 Å². The molecule has 0 bridgehead atoms. The molecule has 6 nitrogen and oxygen atoms in total. The Morgan fingerprint density at radius 3 is 2.78 bits per heavy atom. The normalized spacial score (nSPS) is 11.2. The Morgan fingerprint density at radius 2 is 2.17 bits per heavy atom. The second-order valence-corrected chi connectivity index (χ2v) is 4.51. The molecule has 2 aromatic heterocycles. The molecular formula is C12H20N6. The highest BCUT2D eigenvalue weighted by molar-refractivity contribution is 5.84. The molecule has 0 fully saturated rings. The third-order valence-corrected chi connectivity index (χ3v) is 2.85. The molecule has 98 valence electrons. The molecule has 0 radical (unpaired) electrons. The van der Waals surface area contributed by atoms with Crippen LogP contribution in [0.3, 0.4) is 0 Å². The lowest BCUT2D eigenvalue weighted by Gasteiger charge is -2.27. The molecule has 0 unspecified atom stereocenters. The van der Waals surface area contributed by atoms with Crippen LogP contribution < -0.4 is 10.2 Å². The highest BCUT2D eigenvalue weighted by Gasteiger charge is 2.17. The van der Waals surface area contributed by atoms with E-state index in [1.165, 1.54) is 0 Å². The fourth-order valence-electron chi connectivity index (χ4n) is 1.99. The standard InChI is InChI=1S/C12H20N6/c1-5-6-18(8(2)3)11-9-10(15-7-14-9)16-12(13-4)17-11/h7-8H,5-6H2,1-4H3,(H2,13,14,15,16,17). The molecule has 0 aromatic carbocycles. The molecule has 0 saturated carbocycles. The van der Waals surface area contributed by atoms with Crippen LogP contribution in [0.25, 0.3) is 11.2 Å². The minimum absolute atomic E-state index is 0.385. The average Bonchev–Trinajstić information content (AvgIpc) is 2.82. The smallest absolute Gasteiger partial charge is 0.226 e. The van der Waals surface area contributed by atoms with Crippen molar-refractivity contribution in [2.45, 2.75) is 33.2 Å². The van der Waals surface area contributed by atoms with Crippen LogP contribution in [0.5, 0.6) is 0 Å². The number of anilines is 2. The summed E-state index contributed by atoms with van der Waals surface area (Å²) in [6.07, 6.45) is 2.74. The number of nitrogens with one attached hydrogen (secondary N) is 2. The molecule has 0 atom stereocenters. The van der Waals surface area contributed by atoms with E-state index in [0.717, 1.165) is 24.3 Å². The highest BCUT2D eigenvalue weighted by Crippen LogP contribution is 2.24. The zero-order valence-corrected chi connectivity index (χ0v) is 11.4. The molecule has 0 aliphatic rings. The van der Waals surface area contributed by atoms with Crippen LogP contribution in [0.15, 0.2) is 6.33 Å². The topological polar surface area (TPSA) is 69.7 Å². The summed E-state index contributed by atoms with van der Waals surface area (Å²) in [4.78, 5) is 18.5. The van der Waals surface area contributed by atoms with Crippen molar-refractivity contribution in [3.05, 3.63) is 6.33 Å². The third-order valence-electron chi connectivity index (χ3n) is 2.85. The molecule has 18 heavy (non-hydrogen) atoms. The molecule has 0 aliphatic carbocycles. The van der Waals surface area contributed by atoms with Gasteiger partial charge in [-0.05, 0) is 20.3 Å². The van der Waals surface area contributed by atoms with Gasteiger partial charge in [-0.25, -0.2) is 4.98 Å². The number of nitrogens with zero attached hydrogens (tertiary/aromatic N) is 4. The summed E-state index contributed by atoms with van der Waals surface area (Å²) in [5, 5.41) is 2.98. The Kier molecular flexibility index (Phi) is 3.64. The number of aromatic amines is 1. The summed E-state index contributed by atoms with van der Waals surface area (Å²) in [5.74, 6) is 1.52. The minimum Gasteiger partial charge on any atom is -0.357 e. The Labute approximate surface area is 107 Å². The largest absolute Gasteiger partial charge is 0.357 e. The van der Waals surface area contributed by atoms with Gasteiger partial charge in [0.1, 0.15) is 5.52 Å². The SMILES string of the molecule is CCCN(c1nc(NC)nc2nc[nH]c12)C(C)C. The van der Waals surface area contributed by atoms with Crippen LogP contribution in [-0.2, 0) is 0 Å². The molecule has 0 aliphatic heterocycles. The van der Waals surface area contributed by atoms with E-state index in [-0.39, 0.29) is 0 Å². The van der Waals surface area contributed by atoms with Crippen LogP contribution in [0, 0.1) is 0 Å². The number of fused-ring (bicyclic) bond motifs is 1. The van der Waals surface area contributed by atoms with Crippen molar-refractivity contribution in [2.24, 2.45) is 0 Å². The first-order valence-electron chi connectivity index (χ1n) is 6.32. The number of aromatic nitrogens is 4. The number of hydrogen-bond donors (Lipinski definition) is 2. The van der Waals surface area contributed by atoms with E-state index < -0.39 is 0 Å². The van der Waals surface area contributed by atoms with Crippen molar-refractivity contribution in [1.82, 2.24) is 19.9 Å². The van der Waals surface area contributed by atoms with Crippen molar-refractivity contribution in [3.8, 4) is 0 Å². The summed E-state index contributed by atoms with van der Waals surface area (Å²) in [6, 6.07) is 0.385. The van der Waals surface area contributed by atoms with E-state index in [2.05, 4.69) is 50.9 Å². The second kappa shape index (κ2) is 5.20. The lowest BCUT2D eigenvalue weighted by atomic mass is 10.2. The third kappa shape index (κ3) is 2.23. The van der Waals surface area contributed by atoms with Gasteiger partial charge in [-0.2, -0.15) is 9.97 Å². The number of imidazole rings is 1. The van der Waals surface area contributed by atoms with Gasteiger partial charge in [0.2, 0.25) is 5.95 Å². The Morgan fingerprint density at radius 1 is 1.39 bits per heavy atom. The zero-order valence-electron chi connectivity index (χ0n) is 11.4. The average molecular weight is 248 g/mol. The second-order valence-electron chi connectivity index (χ2n) is 4.51. The Hall–Kier alpha value is -1.85. The van der Waals surface area contributed by atoms with Crippen molar-refractivity contribution in [1.29, 1.82) is 0 Å². The number of rotatable bonds is 5. The predicted molar refractivity (Wildman–Crippen MR) is 74.0 cm³/mol. The first kappa shape index (κ1) is 12.6. The predicted octanol–water partition coefficient (Wildman–Crippen LogP) is 2.02. The molecule has 2 N–H and O–H groups in total. The van der Waals surface area contributed by atoms with Crippen molar-refractivity contribution in [3.63, 3.8) is 0 Å². The molecule has 2 rings (SSSR count). The van der Waals surface area contributed by atoms with Crippen LogP contribution in [-0.4, -0.2) is 39.6 Å². The van der Waals surface area contributed by atoms with Gasteiger partial charge in [0.05, 0.1) is 6.33 Å². The maximum absolute atomic E-state index is 4.56. The van der Waals surface area contributed by atoms with Gasteiger partial charge in [-0.15, -0.1) is 0 Å². The van der Waals surface area contributed by atoms with Crippen LogP contribution >= 0.6 is 0 Å². The molecular weight excluding hydrogens is 228 g/mol. The number of hydrogen-bond acceptors (Lipinski definition) is 5. The summed E-state index contributed by atoms with van der Waals surface area (Å²) < 4.78 is 0. The van der Waals surface area contributed by atoms with E-state index in [4.69, 9.17) is 0 Å². The van der Waals surface area contributed by atoms with E-state index in [9.17, 15) is 0 Å². The summed E-state index contributed by atoms with van der Waals surface area (Å²) in [7, 11) is 1.82. The Balaban J connectivity index is 2.55. The van der Waals surface area contributed by atoms with Gasteiger partial charge in [-0.1, -0.05) is 6.92 Å². The molecule has 0 amide bonds. The molecule has 2 aromatic rings. The Bertz CT molecular complexity index is 518. The summed E-state index contributed by atoms with van der Waals surface area (Å²) >= 11 is 0. The van der Waals surface area contributed by atoms with E-state index in [0.29, 0.717) is 17.6 Å². The van der Waals surface area contributed by atoms with Gasteiger partial charge in [-0.3, -0.25) is 0 Å². The molecule has 6 heteroatoms. The fourth-order valence-corrected chi connectivity index (χ4v) is 1.99. The first-order valence-corrected chi connectivity index (χ1v) is 6.32. The van der Waals surface area contributed by atoms with E-state index >= 15 is 0 Å². The first-order chi connectivity index (χ1) is 8.67. The van der Waals surface area contributed by atoms with Crippen molar-refractivity contribution < 1.29 is 0 Å². The zero-order chi connectivity index (χ0) is 13.1. The quantitative estimate of drug-likeness (QED) is 0.847. The van der Waals surface area contributed by atoms with Gasteiger partial charge in [0.25, 0.3) is 0 Å². The lowest BCUT2D eigenvalue weighted by Crippen LogP contribution is -2.32. The monoisotopic (exact) mass is 248 g/mol. The van der Waals surface area contributed by atoms with Gasteiger partial charge in [0.15, 0.2) is 11.5 Å². The molecule has 0 spiro atoms. The van der Waals surface area contributed by atoms with Gasteiger partial charge >= 0.3 is 0 Å². The molecule has 2 heterocycles. The summed E-state index contributed by atoms with van der Waals surface area (Å²) in [6.45, 7) is 7.46. The van der Waals surface area contributed by atoms with Crippen LogP contribution in [0.1, 0.15) is 27.2 Å². The fraction of sp³-hybridized carbons (Fsp3) is 0.583. The highest BCUT2D eigenvalue weighted by atomic mass is 15.3. The van der Waals surface area contributed by atoms with Crippen molar-refractivity contribution >= 4 is 22.9 Å². The summed E-state index contributed by atoms with van der Waals surface area (Å²) in [5.41, 5.74) is 1.60. The van der Waals surface area contributed by atoms with Crippen LogP contribution in [0.4, 0.5) is 11.8 Å². The maximum atomic E-state index is 4.56. The maximum Gasteiger partial charge on any atom is 0.226 e.